The minimum Gasteiger partial charge on any atom is -0.343 e. The van der Waals surface area contributed by atoms with Crippen molar-refractivity contribution in [3.8, 4) is 0 Å². The van der Waals surface area contributed by atoms with Crippen molar-refractivity contribution in [2.75, 3.05) is 13.1 Å². The first kappa shape index (κ1) is 11.6. The Balaban J connectivity index is 1.94. The first-order valence-corrected chi connectivity index (χ1v) is 5.43. The second-order valence-corrected chi connectivity index (χ2v) is 4.03. The number of hydrogen-bond acceptors (Lipinski definition) is 5. The van der Waals surface area contributed by atoms with Crippen molar-refractivity contribution in [1.82, 2.24) is 20.4 Å². The van der Waals surface area contributed by atoms with E-state index in [4.69, 9.17) is 4.52 Å². The molecule has 2 rings (SSSR count). The van der Waals surface area contributed by atoms with E-state index in [1.807, 2.05) is 0 Å². The molecule has 0 aromatic carbocycles. The van der Waals surface area contributed by atoms with E-state index in [1.54, 1.807) is 13.8 Å². The third-order valence-corrected chi connectivity index (χ3v) is 2.57. The third kappa shape index (κ3) is 2.61. The molecule has 17 heavy (non-hydrogen) atoms. The summed E-state index contributed by atoms with van der Waals surface area (Å²) >= 11 is 0. The summed E-state index contributed by atoms with van der Waals surface area (Å²) in [5, 5.41) is 6.32. The molecule has 92 valence electrons. The van der Waals surface area contributed by atoms with Crippen LogP contribution in [0, 0.1) is 6.92 Å². The molecule has 0 spiro atoms. The molecule has 1 saturated heterocycles. The fourth-order valence-electron chi connectivity index (χ4n) is 1.74. The van der Waals surface area contributed by atoms with Crippen LogP contribution < -0.4 is 5.32 Å². The predicted octanol–water partition coefficient (Wildman–Crippen LogP) is -0.733. The van der Waals surface area contributed by atoms with Gasteiger partial charge < -0.3 is 14.7 Å². The minimum absolute atomic E-state index is 0.0789. The first-order chi connectivity index (χ1) is 8.06. The van der Waals surface area contributed by atoms with Crippen LogP contribution in [0.2, 0.25) is 0 Å². The number of aryl methyl sites for hydroxylation is 1. The van der Waals surface area contributed by atoms with E-state index >= 15 is 0 Å². The molecule has 1 atom stereocenters. The van der Waals surface area contributed by atoms with Crippen molar-refractivity contribution in [2.24, 2.45) is 0 Å². The van der Waals surface area contributed by atoms with Crippen molar-refractivity contribution in [3.05, 3.63) is 11.7 Å². The molecule has 1 aromatic heterocycles. The highest BCUT2D eigenvalue weighted by molar-refractivity contribution is 5.94. The van der Waals surface area contributed by atoms with E-state index in [9.17, 15) is 9.59 Å². The lowest BCUT2D eigenvalue weighted by atomic mass is 10.2. The van der Waals surface area contributed by atoms with Gasteiger partial charge in [-0.2, -0.15) is 4.98 Å². The average Bonchev–Trinajstić information content (AvgIpc) is 2.67. The van der Waals surface area contributed by atoms with E-state index in [2.05, 4.69) is 15.5 Å². The van der Waals surface area contributed by atoms with Crippen LogP contribution in [0.15, 0.2) is 4.52 Å². The number of amides is 2. The van der Waals surface area contributed by atoms with Crippen LogP contribution in [0.3, 0.4) is 0 Å². The van der Waals surface area contributed by atoms with Crippen LogP contribution in [0.5, 0.6) is 0 Å². The van der Waals surface area contributed by atoms with Gasteiger partial charge in [-0.1, -0.05) is 5.16 Å². The number of aromatic nitrogens is 2. The summed E-state index contributed by atoms with van der Waals surface area (Å²) < 4.78 is 4.83. The Labute approximate surface area is 98.2 Å². The highest BCUT2D eigenvalue weighted by Crippen LogP contribution is 2.04. The van der Waals surface area contributed by atoms with Gasteiger partial charge in [0.15, 0.2) is 5.82 Å². The molecule has 1 aliphatic rings. The Hall–Kier alpha value is -1.92. The van der Waals surface area contributed by atoms with Gasteiger partial charge in [0.1, 0.15) is 6.04 Å². The molecule has 1 unspecified atom stereocenters. The van der Waals surface area contributed by atoms with E-state index in [0.29, 0.717) is 24.7 Å². The number of carbonyl (C=O) groups excluding carboxylic acids is 2. The Morgan fingerprint density at radius 1 is 1.53 bits per heavy atom. The molecule has 1 aliphatic heterocycles. The quantitative estimate of drug-likeness (QED) is 0.749. The lowest BCUT2D eigenvalue weighted by molar-refractivity contribution is -0.143. The van der Waals surface area contributed by atoms with Crippen LogP contribution in [0.1, 0.15) is 18.6 Å². The van der Waals surface area contributed by atoms with Crippen molar-refractivity contribution < 1.29 is 14.1 Å². The molecule has 0 saturated carbocycles. The van der Waals surface area contributed by atoms with E-state index in [1.165, 1.54) is 4.90 Å². The molecule has 1 N–H and O–H groups in total. The molecule has 1 fully saturated rings. The highest BCUT2D eigenvalue weighted by atomic mass is 16.5. The van der Waals surface area contributed by atoms with Crippen LogP contribution in [-0.2, 0) is 16.0 Å². The minimum atomic E-state index is -0.455. The molecule has 1 aromatic rings. The zero-order valence-corrected chi connectivity index (χ0v) is 9.77. The normalized spacial score (nSPS) is 20.6. The first-order valence-electron chi connectivity index (χ1n) is 5.43. The maximum atomic E-state index is 11.7. The molecule has 0 bridgehead atoms. The Morgan fingerprint density at radius 3 is 2.94 bits per heavy atom. The van der Waals surface area contributed by atoms with Crippen LogP contribution in [0.4, 0.5) is 0 Å². The predicted molar refractivity (Wildman–Crippen MR) is 56.9 cm³/mol. The smallest absolute Gasteiger partial charge is 0.245 e. The number of rotatable bonds is 3. The second kappa shape index (κ2) is 4.52. The third-order valence-electron chi connectivity index (χ3n) is 2.57. The van der Waals surface area contributed by atoms with E-state index < -0.39 is 6.04 Å². The van der Waals surface area contributed by atoms with Crippen molar-refractivity contribution in [3.63, 3.8) is 0 Å². The highest BCUT2D eigenvalue weighted by Gasteiger charge is 2.29. The monoisotopic (exact) mass is 238 g/mol. The maximum Gasteiger partial charge on any atom is 0.245 e. The molecular weight excluding hydrogens is 224 g/mol. The summed E-state index contributed by atoms with van der Waals surface area (Å²) in [7, 11) is 0. The number of carbonyl (C=O) groups is 2. The van der Waals surface area contributed by atoms with E-state index in [-0.39, 0.29) is 18.4 Å². The Morgan fingerprint density at radius 2 is 2.29 bits per heavy atom. The van der Waals surface area contributed by atoms with Crippen molar-refractivity contribution >= 4 is 11.8 Å². The van der Waals surface area contributed by atoms with Gasteiger partial charge >= 0.3 is 0 Å². The average molecular weight is 238 g/mol. The van der Waals surface area contributed by atoms with Crippen LogP contribution in [0.25, 0.3) is 0 Å². The van der Waals surface area contributed by atoms with Gasteiger partial charge in [-0.25, -0.2) is 0 Å². The van der Waals surface area contributed by atoms with E-state index in [0.717, 1.165) is 0 Å². The van der Waals surface area contributed by atoms with Crippen molar-refractivity contribution in [1.29, 1.82) is 0 Å². The largest absolute Gasteiger partial charge is 0.343 e. The molecule has 7 nitrogen and oxygen atoms in total. The fourth-order valence-corrected chi connectivity index (χ4v) is 1.74. The molecule has 0 aliphatic carbocycles. The summed E-state index contributed by atoms with van der Waals surface area (Å²) in [5.41, 5.74) is 0. The summed E-state index contributed by atoms with van der Waals surface area (Å²) in [5.74, 6) is 0.830. The standard InChI is InChI=1S/C10H14N4O3/c1-6-10(16)14(5-9(15)11-6)4-3-8-12-7(2)17-13-8/h6H,3-5H2,1-2H3,(H,11,15). The molecule has 0 radical (unpaired) electrons. The van der Waals surface area contributed by atoms with Crippen LogP contribution >= 0.6 is 0 Å². The zero-order valence-electron chi connectivity index (χ0n) is 9.77. The number of piperazine rings is 1. The molecular formula is C10H14N4O3. The van der Waals surface area contributed by atoms with Gasteiger partial charge in [0.2, 0.25) is 17.7 Å². The lowest BCUT2D eigenvalue weighted by Gasteiger charge is -2.30. The van der Waals surface area contributed by atoms with Gasteiger partial charge in [0.25, 0.3) is 0 Å². The van der Waals surface area contributed by atoms with Gasteiger partial charge in [0, 0.05) is 19.9 Å². The summed E-state index contributed by atoms with van der Waals surface area (Å²) in [6.07, 6.45) is 0.489. The van der Waals surface area contributed by atoms with Gasteiger partial charge in [-0.3, -0.25) is 9.59 Å². The topological polar surface area (TPSA) is 88.3 Å². The Kier molecular flexibility index (Phi) is 3.08. The number of nitrogens with zero attached hydrogens (tertiary/aromatic N) is 3. The number of nitrogens with one attached hydrogen (secondary N) is 1. The fraction of sp³-hybridized carbons (Fsp3) is 0.600. The molecule has 2 amide bonds. The van der Waals surface area contributed by atoms with Crippen molar-refractivity contribution in [2.45, 2.75) is 26.3 Å². The zero-order chi connectivity index (χ0) is 12.4. The lowest BCUT2D eigenvalue weighted by Crippen LogP contribution is -2.57. The van der Waals surface area contributed by atoms with Crippen LogP contribution in [-0.4, -0.2) is 46.0 Å². The summed E-state index contributed by atoms with van der Waals surface area (Å²) in [6.45, 7) is 3.90. The maximum absolute atomic E-state index is 11.7. The second-order valence-electron chi connectivity index (χ2n) is 4.03. The van der Waals surface area contributed by atoms with Gasteiger partial charge in [0.05, 0.1) is 6.54 Å². The van der Waals surface area contributed by atoms with Gasteiger partial charge in [-0.05, 0) is 6.92 Å². The summed E-state index contributed by atoms with van der Waals surface area (Å²) in [4.78, 5) is 28.6. The number of hydrogen-bond donors (Lipinski definition) is 1. The molecule has 2 heterocycles. The molecule has 7 heteroatoms. The van der Waals surface area contributed by atoms with Gasteiger partial charge in [-0.15, -0.1) is 0 Å². The SMILES string of the molecule is Cc1nc(CCN2CC(=O)NC(C)C2=O)no1. The summed E-state index contributed by atoms with van der Waals surface area (Å²) in [6, 6.07) is -0.455. The Bertz CT molecular complexity index is 443.